The fraction of sp³-hybridized carbons (Fsp3) is 0.143. The average molecular weight is 365 g/mol. The van der Waals surface area contributed by atoms with Gasteiger partial charge in [0.1, 0.15) is 4.90 Å². The highest BCUT2D eigenvalue weighted by atomic mass is 35.5. The second-order valence-electron chi connectivity index (χ2n) is 4.45. The molecule has 0 spiro atoms. The molecule has 2 aromatic rings. The van der Waals surface area contributed by atoms with Gasteiger partial charge in [0.2, 0.25) is 10.0 Å². The Labute approximate surface area is 138 Å². The molecule has 2 rings (SSSR count). The Hall–Kier alpha value is -0.780. The van der Waals surface area contributed by atoms with E-state index in [9.17, 15) is 8.42 Å². The monoisotopic (exact) mass is 363 g/mol. The molecule has 1 atom stereocenters. The number of sulfonamides is 1. The molecule has 0 radical (unpaired) electrons. The van der Waals surface area contributed by atoms with E-state index >= 15 is 0 Å². The van der Waals surface area contributed by atoms with Crippen LogP contribution in [0.4, 0.5) is 0 Å². The van der Waals surface area contributed by atoms with Crippen LogP contribution in [-0.2, 0) is 10.0 Å². The number of halogens is 3. The van der Waals surface area contributed by atoms with E-state index < -0.39 is 16.1 Å². The molecule has 0 fully saturated rings. The molecule has 1 N–H and O–H groups in total. The molecule has 0 saturated heterocycles. The van der Waals surface area contributed by atoms with Crippen LogP contribution >= 0.6 is 34.8 Å². The Morgan fingerprint density at radius 1 is 1.00 bits per heavy atom. The third-order valence-electron chi connectivity index (χ3n) is 2.87. The highest BCUT2D eigenvalue weighted by Gasteiger charge is 2.24. The zero-order valence-electron chi connectivity index (χ0n) is 11.0. The third kappa shape index (κ3) is 3.90. The predicted molar refractivity (Wildman–Crippen MR) is 86.7 cm³/mol. The Bertz CT molecular complexity index is 742. The fourth-order valence-electron chi connectivity index (χ4n) is 1.87. The maximum absolute atomic E-state index is 12.4. The summed E-state index contributed by atoms with van der Waals surface area (Å²) in [4.78, 5) is -0.123. The van der Waals surface area contributed by atoms with E-state index in [1.165, 1.54) is 12.1 Å². The van der Waals surface area contributed by atoms with E-state index in [0.29, 0.717) is 5.02 Å². The third-order valence-corrected chi connectivity index (χ3v) is 5.60. The van der Waals surface area contributed by atoms with Crippen LogP contribution in [0.15, 0.2) is 47.4 Å². The number of hydrogen-bond acceptors (Lipinski definition) is 2. The molecule has 2 aromatic carbocycles. The quantitative estimate of drug-likeness (QED) is 0.855. The second kappa shape index (κ2) is 6.55. The maximum Gasteiger partial charge on any atom is 0.244 e. The van der Waals surface area contributed by atoms with Gasteiger partial charge >= 0.3 is 0 Å². The summed E-state index contributed by atoms with van der Waals surface area (Å²) in [5.41, 5.74) is 0.745. The fourth-order valence-corrected chi connectivity index (χ4v) is 4.45. The van der Waals surface area contributed by atoms with Gasteiger partial charge in [0.25, 0.3) is 0 Å². The molecular formula is C14H12Cl3NO2S. The average Bonchev–Trinajstić information content (AvgIpc) is 2.37. The minimum absolute atomic E-state index is 0.0771. The van der Waals surface area contributed by atoms with Crippen LogP contribution in [0.1, 0.15) is 18.5 Å². The summed E-state index contributed by atoms with van der Waals surface area (Å²) < 4.78 is 27.4. The van der Waals surface area contributed by atoms with E-state index in [-0.39, 0.29) is 14.9 Å². The van der Waals surface area contributed by atoms with Crippen molar-refractivity contribution >= 4 is 44.8 Å². The molecule has 0 heterocycles. The zero-order chi connectivity index (χ0) is 15.6. The van der Waals surface area contributed by atoms with Crippen molar-refractivity contribution < 1.29 is 8.42 Å². The molecule has 1 unspecified atom stereocenters. The van der Waals surface area contributed by atoms with Gasteiger partial charge in [-0.2, -0.15) is 0 Å². The second-order valence-corrected chi connectivity index (χ2v) is 7.35. The van der Waals surface area contributed by atoms with Crippen molar-refractivity contribution in [3.05, 3.63) is 63.1 Å². The van der Waals surface area contributed by atoms with Gasteiger partial charge in [-0.05, 0) is 36.8 Å². The van der Waals surface area contributed by atoms with E-state index in [2.05, 4.69) is 4.72 Å². The summed E-state index contributed by atoms with van der Waals surface area (Å²) in [6.07, 6.45) is 0. The van der Waals surface area contributed by atoms with Crippen molar-refractivity contribution in [1.82, 2.24) is 4.72 Å². The molecule has 0 aliphatic heterocycles. The van der Waals surface area contributed by atoms with Crippen LogP contribution in [0.25, 0.3) is 0 Å². The first-order chi connectivity index (χ1) is 9.81. The highest BCUT2D eigenvalue weighted by molar-refractivity contribution is 7.89. The van der Waals surface area contributed by atoms with Gasteiger partial charge in [-0.15, -0.1) is 0 Å². The van der Waals surface area contributed by atoms with Gasteiger partial charge in [-0.3, -0.25) is 0 Å². The Balaban J connectivity index is 2.34. The Kier molecular flexibility index (Phi) is 5.17. The largest absolute Gasteiger partial charge is 0.244 e. The molecule has 0 aliphatic carbocycles. The summed E-state index contributed by atoms with van der Waals surface area (Å²) >= 11 is 17.8. The van der Waals surface area contributed by atoms with Crippen LogP contribution < -0.4 is 4.72 Å². The van der Waals surface area contributed by atoms with Crippen molar-refractivity contribution in [3.8, 4) is 0 Å². The van der Waals surface area contributed by atoms with Crippen LogP contribution in [0.3, 0.4) is 0 Å². The normalized spacial score (nSPS) is 13.1. The summed E-state index contributed by atoms with van der Waals surface area (Å²) in [6, 6.07) is 11.0. The first-order valence-electron chi connectivity index (χ1n) is 6.03. The Morgan fingerprint density at radius 3 is 2.14 bits per heavy atom. The van der Waals surface area contributed by atoms with Crippen molar-refractivity contribution in [2.24, 2.45) is 0 Å². The number of nitrogens with one attached hydrogen (secondary N) is 1. The minimum atomic E-state index is -3.84. The molecule has 0 saturated carbocycles. The lowest BCUT2D eigenvalue weighted by molar-refractivity contribution is 0.567. The maximum atomic E-state index is 12.4. The van der Waals surface area contributed by atoms with E-state index in [0.717, 1.165) is 5.56 Å². The lowest BCUT2D eigenvalue weighted by Gasteiger charge is -2.16. The predicted octanol–water partition coefficient (Wildman–Crippen LogP) is 4.69. The summed E-state index contributed by atoms with van der Waals surface area (Å²) in [7, 11) is -3.84. The van der Waals surface area contributed by atoms with Crippen LogP contribution in [0.2, 0.25) is 15.1 Å². The van der Waals surface area contributed by atoms with E-state index in [4.69, 9.17) is 34.8 Å². The van der Waals surface area contributed by atoms with Gasteiger partial charge in [0, 0.05) is 11.1 Å². The number of benzene rings is 2. The van der Waals surface area contributed by atoms with Crippen molar-refractivity contribution in [3.63, 3.8) is 0 Å². The molecule has 21 heavy (non-hydrogen) atoms. The van der Waals surface area contributed by atoms with Gasteiger partial charge < -0.3 is 0 Å². The number of hydrogen-bond donors (Lipinski definition) is 1. The van der Waals surface area contributed by atoms with Crippen LogP contribution in [0, 0.1) is 0 Å². The smallest absolute Gasteiger partial charge is 0.207 e. The first-order valence-corrected chi connectivity index (χ1v) is 8.65. The van der Waals surface area contributed by atoms with Crippen molar-refractivity contribution in [1.29, 1.82) is 0 Å². The molecule has 3 nitrogen and oxygen atoms in total. The molecular weight excluding hydrogens is 353 g/mol. The van der Waals surface area contributed by atoms with Crippen LogP contribution in [-0.4, -0.2) is 8.42 Å². The highest BCUT2D eigenvalue weighted by Crippen LogP contribution is 2.30. The van der Waals surface area contributed by atoms with Gasteiger partial charge in [0.15, 0.2) is 0 Å². The topological polar surface area (TPSA) is 46.2 Å². The SMILES string of the molecule is CC(NS(=O)(=O)c1c(Cl)cccc1Cl)c1cccc(Cl)c1. The van der Waals surface area contributed by atoms with Gasteiger partial charge in [0.05, 0.1) is 10.0 Å². The molecule has 0 aromatic heterocycles. The lowest BCUT2D eigenvalue weighted by Crippen LogP contribution is -2.27. The standard InChI is InChI=1S/C14H12Cl3NO2S/c1-9(10-4-2-5-11(15)8-10)18-21(19,20)14-12(16)6-3-7-13(14)17/h2-9,18H,1H3. The zero-order valence-corrected chi connectivity index (χ0v) is 14.1. The van der Waals surface area contributed by atoms with Gasteiger partial charge in [-0.1, -0.05) is 53.0 Å². The van der Waals surface area contributed by atoms with E-state index in [1.807, 2.05) is 0 Å². The van der Waals surface area contributed by atoms with Gasteiger partial charge in [-0.25, -0.2) is 13.1 Å². The van der Waals surface area contributed by atoms with Crippen molar-refractivity contribution in [2.45, 2.75) is 17.9 Å². The molecule has 112 valence electrons. The first kappa shape index (κ1) is 16.6. The molecule has 7 heteroatoms. The van der Waals surface area contributed by atoms with Crippen LogP contribution in [0.5, 0.6) is 0 Å². The molecule has 0 amide bonds. The lowest BCUT2D eigenvalue weighted by atomic mass is 10.1. The number of rotatable bonds is 4. The van der Waals surface area contributed by atoms with E-state index in [1.54, 1.807) is 37.3 Å². The minimum Gasteiger partial charge on any atom is -0.207 e. The summed E-state index contributed by atoms with van der Waals surface area (Å²) in [6.45, 7) is 1.72. The summed E-state index contributed by atoms with van der Waals surface area (Å²) in [5.74, 6) is 0. The molecule has 0 bridgehead atoms. The molecule has 0 aliphatic rings. The van der Waals surface area contributed by atoms with Crippen molar-refractivity contribution in [2.75, 3.05) is 0 Å². The Morgan fingerprint density at radius 2 is 1.57 bits per heavy atom. The summed E-state index contributed by atoms with van der Waals surface area (Å²) in [5, 5.41) is 0.691.